The van der Waals surface area contributed by atoms with E-state index in [1.165, 1.54) is 12.5 Å². The average molecular weight is 480 g/mol. The van der Waals surface area contributed by atoms with Crippen LogP contribution < -0.4 is 10.2 Å². The monoisotopic (exact) mass is 479 g/mol. The number of alkyl halides is 3. The van der Waals surface area contributed by atoms with Crippen LogP contribution in [0.3, 0.4) is 0 Å². The molecular weight excluding hydrogens is 459 g/mol. The molecule has 1 N–H and O–H groups in total. The number of benzene rings is 1. The van der Waals surface area contributed by atoms with Gasteiger partial charge in [0.1, 0.15) is 17.1 Å². The van der Waals surface area contributed by atoms with Gasteiger partial charge in [0.25, 0.3) is 5.91 Å². The van der Waals surface area contributed by atoms with E-state index in [0.717, 1.165) is 10.4 Å². The van der Waals surface area contributed by atoms with Gasteiger partial charge in [0, 0.05) is 43.3 Å². The van der Waals surface area contributed by atoms with Crippen LogP contribution in [0.1, 0.15) is 34.6 Å². The Morgan fingerprint density at radius 2 is 1.94 bits per heavy atom. The quantitative estimate of drug-likeness (QED) is 0.587. The number of furan rings is 1. The Kier molecular flexibility index (Phi) is 5.48. The predicted octanol–water partition coefficient (Wildman–Crippen LogP) is 4.75. The van der Waals surface area contributed by atoms with Gasteiger partial charge in [-0.1, -0.05) is 17.7 Å². The van der Waals surface area contributed by atoms with Gasteiger partial charge >= 0.3 is 6.18 Å². The molecule has 11 heteroatoms. The van der Waals surface area contributed by atoms with E-state index >= 15 is 0 Å². The molecule has 3 aromatic rings. The molecule has 0 aliphatic carbocycles. The molecule has 5 rings (SSSR count). The number of carbonyl (C=O) groups excluding carboxylic acids is 1. The van der Waals surface area contributed by atoms with E-state index in [1.807, 2.05) is 18.2 Å². The van der Waals surface area contributed by atoms with Crippen molar-refractivity contribution in [2.45, 2.75) is 24.7 Å². The molecule has 2 aliphatic rings. The average Bonchev–Trinajstić information content (AvgIpc) is 3.47. The largest absolute Gasteiger partial charge is 0.467 e. The first-order valence-corrected chi connectivity index (χ1v) is 10.9. The second kappa shape index (κ2) is 8.33. The number of nitrogens with zero attached hydrogens (tertiary/aromatic N) is 4. The zero-order valence-corrected chi connectivity index (χ0v) is 18.2. The van der Waals surface area contributed by atoms with Crippen LogP contribution in [0.5, 0.6) is 0 Å². The lowest BCUT2D eigenvalue weighted by atomic mass is 10.0. The molecule has 0 saturated carbocycles. The topological polar surface area (TPSA) is 66.5 Å². The summed E-state index contributed by atoms with van der Waals surface area (Å²) in [6.45, 7) is 2.03. The Morgan fingerprint density at radius 3 is 2.61 bits per heavy atom. The fraction of sp³-hybridized carbons (Fsp3) is 0.364. The molecule has 174 valence electrons. The van der Waals surface area contributed by atoms with Gasteiger partial charge in [0.05, 0.1) is 18.5 Å². The summed E-state index contributed by atoms with van der Waals surface area (Å²) in [4.78, 5) is 17.0. The van der Waals surface area contributed by atoms with E-state index in [9.17, 15) is 18.0 Å². The Balaban J connectivity index is 1.37. The van der Waals surface area contributed by atoms with E-state index in [1.54, 1.807) is 23.1 Å². The van der Waals surface area contributed by atoms with Crippen molar-refractivity contribution in [1.29, 1.82) is 0 Å². The minimum atomic E-state index is -4.52. The summed E-state index contributed by atoms with van der Waals surface area (Å²) in [6, 6.07) is 8.14. The molecule has 2 aromatic heterocycles. The zero-order chi connectivity index (χ0) is 23.2. The number of hydrogen-bond donors (Lipinski definition) is 1. The van der Waals surface area contributed by atoms with Crippen molar-refractivity contribution >= 4 is 29.0 Å². The summed E-state index contributed by atoms with van der Waals surface area (Å²) >= 11 is 6.08. The Hall–Kier alpha value is -3.14. The van der Waals surface area contributed by atoms with E-state index in [0.29, 0.717) is 37.0 Å². The maximum Gasteiger partial charge on any atom is 0.410 e. The molecule has 0 bridgehead atoms. The van der Waals surface area contributed by atoms with Gasteiger partial charge < -0.3 is 19.5 Å². The van der Waals surface area contributed by atoms with Crippen LogP contribution in [-0.2, 0) is 0 Å². The number of piperazine rings is 1. The minimum absolute atomic E-state index is 0.0623. The molecule has 2 atom stereocenters. The van der Waals surface area contributed by atoms with Gasteiger partial charge in [0.15, 0.2) is 6.04 Å². The third kappa shape index (κ3) is 4.15. The first-order chi connectivity index (χ1) is 15.8. The van der Waals surface area contributed by atoms with E-state index in [-0.39, 0.29) is 23.7 Å². The van der Waals surface area contributed by atoms with Crippen molar-refractivity contribution in [3.05, 3.63) is 65.2 Å². The van der Waals surface area contributed by atoms with Crippen molar-refractivity contribution in [3.63, 3.8) is 0 Å². The maximum absolute atomic E-state index is 13.8. The summed E-state index contributed by atoms with van der Waals surface area (Å²) in [6.07, 6.45) is -2.16. The first kappa shape index (κ1) is 21.7. The molecule has 1 amide bonds. The molecule has 33 heavy (non-hydrogen) atoms. The SMILES string of the molecule is O=C(c1cnn2c1N[C@@H](c1ccco1)C[C@H]2C(F)(F)F)N1CCN(c2cccc(Cl)c2)CC1. The second-order valence-electron chi connectivity index (χ2n) is 8.12. The third-order valence-corrected chi connectivity index (χ3v) is 6.33. The highest BCUT2D eigenvalue weighted by Crippen LogP contribution is 2.44. The smallest absolute Gasteiger partial charge is 0.410 e. The first-order valence-electron chi connectivity index (χ1n) is 10.5. The zero-order valence-electron chi connectivity index (χ0n) is 17.4. The minimum Gasteiger partial charge on any atom is -0.467 e. The molecule has 1 aromatic carbocycles. The Bertz CT molecular complexity index is 1140. The highest BCUT2D eigenvalue weighted by atomic mass is 35.5. The number of anilines is 2. The summed E-state index contributed by atoms with van der Waals surface area (Å²) < 4.78 is 47.6. The predicted molar refractivity (Wildman–Crippen MR) is 117 cm³/mol. The summed E-state index contributed by atoms with van der Waals surface area (Å²) in [5, 5.41) is 7.62. The molecule has 0 radical (unpaired) electrons. The van der Waals surface area contributed by atoms with Crippen molar-refractivity contribution in [1.82, 2.24) is 14.7 Å². The molecule has 2 aliphatic heterocycles. The summed E-state index contributed by atoms with van der Waals surface area (Å²) in [5.41, 5.74) is 1.09. The Labute approximate surface area is 192 Å². The number of amides is 1. The van der Waals surface area contributed by atoms with Gasteiger partial charge in [0.2, 0.25) is 0 Å². The number of aromatic nitrogens is 2. The van der Waals surface area contributed by atoms with Gasteiger partial charge in [-0.05, 0) is 30.3 Å². The van der Waals surface area contributed by atoms with Crippen molar-refractivity contribution in [3.8, 4) is 0 Å². The number of halogens is 4. The van der Waals surface area contributed by atoms with E-state index in [4.69, 9.17) is 16.0 Å². The molecule has 0 spiro atoms. The molecular formula is C22H21ClF3N5O2. The number of nitrogens with one attached hydrogen (secondary N) is 1. The molecule has 4 heterocycles. The number of carbonyl (C=O) groups is 1. The van der Waals surface area contributed by atoms with Crippen molar-refractivity contribution in [2.24, 2.45) is 0 Å². The number of rotatable bonds is 3. The molecule has 1 saturated heterocycles. The van der Waals surface area contributed by atoms with Crippen LogP contribution >= 0.6 is 11.6 Å². The van der Waals surface area contributed by atoms with Gasteiger partial charge in [-0.3, -0.25) is 4.79 Å². The van der Waals surface area contributed by atoms with Crippen molar-refractivity contribution in [2.75, 3.05) is 36.4 Å². The standard InChI is InChI=1S/C22H21ClF3N5O2/c23-14-3-1-4-15(11-14)29-6-8-30(9-7-29)21(32)16-13-27-31-19(22(24,25)26)12-17(28-20(16)31)18-5-2-10-33-18/h1-5,10-11,13,17,19,28H,6-9,12H2/t17-,19+/m1/s1. The van der Waals surface area contributed by atoms with Crippen LogP contribution in [0.25, 0.3) is 0 Å². The van der Waals surface area contributed by atoms with Crippen LogP contribution in [0, 0.1) is 0 Å². The van der Waals surface area contributed by atoms with Crippen LogP contribution in [0.15, 0.2) is 53.3 Å². The fourth-order valence-corrected chi connectivity index (χ4v) is 4.59. The van der Waals surface area contributed by atoms with Crippen LogP contribution in [0.4, 0.5) is 24.7 Å². The van der Waals surface area contributed by atoms with Gasteiger partial charge in [-0.25, -0.2) is 4.68 Å². The van der Waals surface area contributed by atoms with Crippen molar-refractivity contribution < 1.29 is 22.4 Å². The second-order valence-corrected chi connectivity index (χ2v) is 8.55. The normalized spacial score (nSPS) is 21.0. The third-order valence-electron chi connectivity index (χ3n) is 6.10. The summed E-state index contributed by atoms with van der Waals surface area (Å²) in [7, 11) is 0. The highest BCUT2D eigenvalue weighted by Gasteiger charge is 2.48. The van der Waals surface area contributed by atoms with E-state index < -0.39 is 18.3 Å². The lowest BCUT2D eigenvalue weighted by molar-refractivity contribution is -0.174. The van der Waals surface area contributed by atoms with Crippen LogP contribution in [-0.4, -0.2) is 52.9 Å². The highest BCUT2D eigenvalue weighted by molar-refractivity contribution is 6.30. The van der Waals surface area contributed by atoms with E-state index in [2.05, 4.69) is 15.3 Å². The van der Waals surface area contributed by atoms with Gasteiger partial charge in [-0.2, -0.15) is 18.3 Å². The lowest BCUT2D eigenvalue weighted by Gasteiger charge is -2.37. The molecule has 1 fully saturated rings. The fourth-order valence-electron chi connectivity index (χ4n) is 4.41. The molecule has 7 nitrogen and oxygen atoms in total. The summed E-state index contributed by atoms with van der Waals surface area (Å²) in [5.74, 6) is 0.0907. The Morgan fingerprint density at radius 1 is 1.15 bits per heavy atom. The van der Waals surface area contributed by atoms with Crippen LogP contribution in [0.2, 0.25) is 5.02 Å². The van der Waals surface area contributed by atoms with Gasteiger partial charge in [-0.15, -0.1) is 0 Å². The number of hydrogen-bond acceptors (Lipinski definition) is 5. The molecule has 0 unspecified atom stereocenters. The number of fused-ring (bicyclic) bond motifs is 1. The maximum atomic E-state index is 13.8. The lowest BCUT2D eigenvalue weighted by Crippen LogP contribution is -2.49.